The second-order valence-electron chi connectivity index (χ2n) is 5.40. The Kier molecular flexibility index (Phi) is 5.14. The number of carbonyl (C=O) groups excluding carboxylic acids is 2. The van der Waals surface area contributed by atoms with Gasteiger partial charge in [-0.3, -0.25) is 4.79 Å². The minimum atomic E-state index is -0.356. The van der Waals surface area contributed by atoms with E-state index in [9.17, 15) is 9.59 Å². The first-order valence-corrected chi connectivity index (χ1v) is 8.06. The van der Waals surface area contributed by atoms with Crippen molar-refractivity contribution in [2.24, 2.45) is 0 Å². The van der Waals surface area contributed by atoms with E-state index in [4.69, 9.17) is 14.2 Å². The first-order valence-electron chi connectivity index (χ1n) is 8.06. The minimum Gasteiger partial charge on any atom is -0.486 e. The van der Waals surface area contributed by atoms with Gasteiger partial charge in [-0.15, -0.1) is 0 Å². The van der Waals surface area contributed by atoms with Gasteiger partial charge in [0.15, 0.2) is 17.3 Å². The Labute approximate surface area is 145 Å². The van der Waals surface area contributed by atoms with Crippen LogP contribution in [0.15, 0.2) is 48.5 Å². The highest BCUT2D eigenvalue weighted by atomic mass is 16.6. The fourth-order valence-corrected chi connectivity index (χ4v) is 2.41. The molecule has 0 aliphatic carbocycles. The van der Waals surface area contributed by atoms with Crippen molar-refractivity contribution in [1.82, 2.24) is 0 Å². The summed E-state index contributed by atoms with van der Waals surface area (Å²) < 4.78 is 15.9. The molecule has 1 aliphatic rings. The summed E-state index contributed by atoms with van der Waals surface area (Å²) in [5.41, 5.74) is 1.83. The number of allylic oxidation sites excluding steroid dienone is 1. The molecule has 0 bridgehead atoms. The number of hydrogen-bond donors (Lipinski definition) is 0. The Morgan fingerprint density at radius 2 is 1.68 bits per heavy atom. The normalized spacial score (nSPS) is 12.8. The van der Waals surface area contributed by atoms with Crippen LogP contribution in [-0.2, 0) is 4.74 Å². The molecule has 0 saturated heterocycles. The van der Waals surface area contributed by atoms with E-state index in [2.05, 4.69) is 0 Å². The summed E-state index contributed by atoms with van der Waals surface area (Å²) in [4.78, 5) is 23.9. The topological polar surface area (TPSA) is 61.8 Å². The molecule has 0 saturated carbocycles. The van der Waals surface area contributed by atoms with Gasteiger partial charge in [-0.2, -0.15) is 0 Å². The van der Waals surface area contributed by atoms with Gasteiger partial charge in [-0.1, -0.05) is 18.2 Å². The lowest BCUT2D eigenvalue weighted by molar-refractivity contribution is 0.0526. The molecule has 5 nitrogen and oxygen atoms in total. The smallest absolute Gasteiger partial charge is 0.338 e. The van der Waals surface area contributed by atoms with E-state index in [1.165, 1.54) is 6.08 Å². The van der Waals surface area contributed by atoms with E-state index >= 15 is 0 Å². The quantitative estimate of drug-likeness (QED) is 0.474. The Bertz CT molecular complexity index is 805. The molecule has 0 radical (unpaired) electrons. The lowest BCUT2D eigenvalue weighted by Gasteiger charge is -2.18. The lowest BCUT2D eigenvalue weighted by Crippen LogP contribution is -2.15. The van der Waals surface area contributed by atoms with Gasteiger partial charge >= 0.3 is 5.97 Å². The molecule has 128 valence electrons. The third-order valence-electron chi connectivity index (χ3n) is 3.68. The number of esters is 1. The number of hydrogen-bond acceptors (Lipinski definition) is 5. The summed E-state index contributed by atoms with van der Waals surface area (Å²) in [6.07, 6.45) is 3.19. The van der Waals surface area contributed by atoms with Gasteiger partial charge in [0.25, 0.3) is 0 Å². The van der Waals surface area contributed by atoms with Gasteiger partial charge in [0.2, 0.25) is 0 Å². The van der Waals surface area contributed by atoms with Crippen LogP contribution in [0.5, 0.6) is 11.5 Å². The van der Waals surface area contributed by atoms with Gasteiger partial charge in [-0.05, 0) is 48.9 Å². The summed E-state index contributed by atoms with van der Waals surface area (Å²) in [5.74, 6) is 0.752. The van der Waals surface area contributed by atoms with Crippen molar-refractivity contribution >= 4 is 17.8 Å². The third kappa shape index (κ3) is 4.07. The van der Waals surface area contributed by atoms with Crippen molar-refractivity contribution in [1.29, 1.82) is 0 Å². The molecule has 0 unspecified atom stereocenters. The summed E-state index contributed by atoms with van der Waals surface area (Å²) in [6, 6.07) is 12.0. The van der Waals surface area contributed by atoms with Crippen molar-refractivity contribution in [3.63, 3.8) is 0 Å². The molecule has 5 heteroatoms. The number of ether oxygens (including phenoxy) is 3. The highest BCUT2D eigenvalue weighted by Crippen LogP contribution is 2.30. The fraction of sp³-hybridized carbons (Fsp3) is 0.200. The maximum absolute atomic E-state index is 12.3. The standard InChI is InChI=1S/C20H18O5/c1-2-23-20(22)15-6-3-14(4-7-15)5-9-17(21)16-8-10-18-19(13-16)25-12-11-24-18/h3-10,13H,2,11-12H2,1H3/b9-5+. The largest absolute Gasteiger partial charge is 0.486 e. The van der Waals surface area contributed by atoms with Crippen LogP contribution >= 0.6 is 0 Å². The molecule has 2 aromatic carbocycles. The van der Waals surface area contributed by atoms with Gasteiger partial charge in [-0.25, -0.2) is 4.79 Å². The maximum atomic E-state index is 12.3. The SMILES string of the molecule is CCOC(=O)c1ccc(/C=C/C(=O)c2ccc3c(c2)OCCO3)cc1. The molecule has 3 rings (SSSR count). The zero-order valence-electron chi connectivity index (χ0n) is 13.9. The Hall–Kier alpha value is -3.08. The molecule has 0 amide bonds. The molecule has 1 heterocycles. The Balaban J connectivity index is 1.69. The van der Waals surface area contributed by atoms with Crippen LogP contribution in [0.3, 0.4) is 0 Å². The minimum absolute atomic E-state index is 0.133. The molecule has 0 atom stereocenters. The van der Waals surface area contributed by atoms with Gasteiger partial charge < -0.3 is 14.2 Å². The first kappa shape index (κ1) is 16.8. The first-order chi connectivity index (χ1) is 12.2. The van der Waals surface area contributed by atoms with Crippen molar-refractivity contribution in [2.75, 3.05) is 19.8 Å². The lowest BCUT2D eigenvalue weighted by atomic mass is 10.1. The third-order valence-corrected chi connectivity index (χ3v) is 3.68. The van der Waals surface area contributed by atoms with Crippen molar-refractivity contribution < 1.29 is 23.8 Å². The summed E-state index contributed by atoms with van der Waals surface area (Å²) in [6.45, 7) is 3.10. The molecule has 0 aromatic heterocycles. The number of rotatable bonds is 5. The predicted molar refractivity (Wildman–Crippen MR) is 93.2 cm³/mol. The predicted octanol–water partition coefficient (Wildman–Crippen LogP) is 3.53. The van der Waals surface area contributed by atoms with Crippen molar-refractivity contribution in [3.05, 3.63) is 65.2 Å². The maximum Gasteiger partial charge on any atom is 0.338 e. The molecule has 0 N–H and O–H groups in total. The van der Waals surface area contributed by atoms with E-state index in [1.54, 1.807) is 55.5 Å². The molecule has 2 aromatic rings. The second kappa shape index (κ2) is 7.66. The van der Waals surface area contributed by atoms with Gasteiger partial charge in [0.05, 0.1) is 12.2 Å². The zero-order valence-corrected chi connectivity index (χ0v) is 13.9. The van der Waals surface area contributed by atoms with E-state index < -0.39 is 0 Å². The number of benzene rings is 2. The Morgan fingerprint density at radius 3 is 2.40 bits per heavy atom. The second-order valence-corrected chi connectivity index (χ2v) is 5.40. The fourth-order valence-electron chi connectivity index (χ4n) is 2.41. The molecule has 0 fully saturated rings. The van der Waals surface area contributed by atoms with Crippen LogP contribution < -0.4 is 9.47 Å². The summed E-state index contributed by atoms with van der Waals surface area (Å²) >= 11 is 0. The van der Waals surface area contributed by atoms with Crippen LogP contribution in [0.2, 0.25) is 0 Å². The van der Waals surface area contributed by atoms with Crippen LogP contribution in [0.25, 0.3) is 6.08 Å². The average Bonchev–Trinajstić information content (AvgIpc) is 2.66. The highest BCUT2D eigenvalue weighted by molar-refractivity contribution is 6.07. The molecule has 1 aliphatic heterocycles. The monoisotopic (exact) mass is 338 g/mol. The molecular formula is C20H18O5. The number of fused-ring (bicyclic) bond motifs is 1. The van der Waals surface area contributed by atoms with Crippen molar-refractivity contribution in [3.8, 4) is 11.5 Å². The average molecular weight is 338 g/mol. The van der Waals surface area contributed by atoms with Gasteiger partial charge in [0, 0.05) is 5.56 Å². The van der Waals surface area contributed by atoms with E-state index in [-0.39, 0.29) is 11.8 Å². The van der Waals surface area contributed by atoms with Crippen LogP contribution in [-0.4, -0.2) is 31.6 Å². The summed E-state index contributed by atoms with van der Waals surface area (Å²) in [7, 11) is 0. The van der Waals surface area contributed by atoms with Crippen LogP contribution in [0.4, 0.5) is 0 Å². The Morgan fingerprint density at radius 1 is 1.00 bits per heavy atom. The van der Waals surface area contributed by atoms with E-state index in [0.29, 0.717) is 42.4 Å². The molecule has 25 heavy (non-hydrogen) atoms. The van der Waals surface area contributed by atoms with Crippen molar-refractivity contribution in [2.45, 2.75) is 6.92 Å². The highest BCUT2D eigenvalue weighted by Gasteiger charge is 2.13. The molecule has 0 spiro atoms. The van der Waals surface area contributed by atoms with Gasteiger partial charge in [0.1, 0.15) is 13.2 Å². The van der Waals surface area contributed by atoms with E-state index in [1.807, 2.05) is 0 Å². The van der Waals surface area contributed by atoms with E-state index in [0.717, 1.165) is 5.56 Å². The van der Waals surface area contributed by atoms with Crippen LogP contribution in [0.1, 0.15) is 33.2 Å². The number of carbonyl (C=O) groups is 2. The molecular weight excluding hydrogens is 320 g/mol. The summed E-state index contributed by atoms with van der Waals surface area (Å²) in [5, 5.41) is 0. The van der Waals surface area contributed by atoms with Crippen LogP contribution in [0, 0.1) is 0 Å². The number of ketones is 1. The zero-order chi connectivity index (χ0) is 17.6.